The van der Waals surface area contributed by atoms with Crippen LogP contribution < -0.4 is 20.7 Å². The van der Waals surface area contributed by atoms with Crippen LogP contribution in [0.25, 0.3) is 0 Å². The van der Waals surface area contributed by atoms with Crippen LogP contribution in [0.1, 0.15) is 0 Å². The molecule has 0 aliphatic carbocycles. The second-order valence-electron chi connectivity index (χ2n) is 2.34. The summed E-state index contributed by atoms with van der Waals surface area (Å²) in [5.74, 6) is 6.62. The highest BCUT2D eigenvalue weighted by molar-refractivity contribution is 9.10. The van der Waals surface area contributed by atoms with Crippen molar-refractivity contribution in [2.24, 2.45) is 5.84 Å². The van der Waals surface area contributed by atoms with Crippen LogP contribution in [0.4, 0.5) is 5.69 Å². The molecular formula is C8H11BrN2O2. The number of hydrogen-bond acceptors (Lipinski definition) is 4. The highest BCUT2D eigenvalue weighted by Gasteiger charge is 2.08. The molecular weight excluding hydrogens is 236 g/mol. The topological polar surface area (TPSA) is 56.5 Å². The minimum Gasteiger partial charge on any atom is -0.495 e. The SMILES string of the molecule is COc1cc(NN)cc(OC)c1Br. The van der Waals surface area contributed by atoms with Crippen LogP contribution >= 0.6 is 15.9 Å². The molecule has 72 valence electrons. The molecule has 0 aliphatic rings. The third kappa shape index (κ3) is 2.05. The van der Waals surface area contributed by atoms with Gasteiger partial charge in [-0.05, 0) is 15.9 Å². The predicted molar refractivity (Wildman–Crippen MR) is 55.1 cm³/mol. The van der Waals surface area contributed by atoms with Gasteiger partial charge in [0.15, 0.2) is 0 Å². The molecule has 0 bridgehead atoms. The molecule has 0 saturated carbocycles. The zero-order chi connectivity index (χ0) is 9.84. The molecule has 0 aromatic heterocycles. The molecule has 0 aliphatic heterocycles. The molecule has 4 nitrogen and oxygen atoms in total. The first-order valence-corrected chi connectivity index (χ1v) is 4.40. The first-order valence-electron chi connectivity index (χ1n) is 3.61. The Balaban J connectivity index is 3.20. The Morgan fingerprint density at radius 2 is 1.69 bits per heavy atom. The lowest BCUT2D eigenvalue weighted by Crippen LogP contribution is -2.07. The van der Waals surface area contributed by atoms with Gasteiger partial charge in [-0.25, -0.2) is 0 Å². The molecule has 0 fully saturated rings. The summed E-state index contributed by atoms with van der Waals surface area (Å²) in [4.78, 5) is 0. The van der Waals surface area contributed by atoms with Gasteiger partial charge in [0, 0.05) is 12.1 Å². The highest BCUT2D eigenvalue weighted by atomic mass is 79.9. The maximum absolute atomic E-state index is 5.27. The van der Waals surface area contributed by atoms with Crippen molar-refractivity contribution in [3.8, 4) is 11.5 Å². The lowest BCUT2D eigenvalue weighted by atomic mass is 10.3. The van der Waals surface area contributed by atoms with Crippen LogP contribution in [0.15, 0.2) is 16.6 Å². The van der Waals surface area contributed by atoms with Crippen molar-refractivity contribution in [1.29, 1.82) is 0 Å². The number of benzene rings is 1. The van der Waals surface area contributed by atoms with E-state index in [0.29, 0.717) is 11.5 Å². The molecule has 13 heavy (non-hydrogen) atoms. The van der Waals surface area contributed by atoms with E-state index < -0.39 is 0 Å². The van der Waals surface area contributed by atoms with Crippen LogP contribution in [0.5, 0.6) is 11.5 Å². The van der Waals surface area contributed by atoms with E-state index >= 15 is 0 Å². The Hall–Kier alpha value is -0.940. The summed E-state index contributed by atoms with van der Waals surface area (Å²) in [7, 11) is 3.17. The van der Waals surface area contributed by atoms with Gasteiger partial charge in [-0.1, -0.05) is 0 Å². The second kappa shape index (κ2) is 4.34. The van der Waals surface area contributed by atoms with Gasteiger partial charge in [0.2, 0.25) is 0 Å². The first kappa shape index (κ1) is 10.1. The molecule has 3 N–H and O–H groups in total. The third-order valence-corrected chi connectivity index (χ3v) is 2.39. The monoisotopic (exact) mass is 246 g/mol. The molecule has 0 unspecified atom stereocenters. The molecule has 5 heteroatoms. The van der Waals surface area contributed by atoms with Crippen molar-refractivity contribution in [3.05, 3.63) is 16.6 Å². The number of hydrazine groups is 1. The number of nitrogen functional groups attached to an aromatic ring is 1. The summed E-state index contributed by atoms with van der Waals surface area (Å²) in [6, 6.07) is 3.54. The van der Waals surface area contributed by atoms with Gasteiger partial charge in [0.1, 0.15) is 16.0 Å². The molecule has 1 aromatic carbocycles. The number of nitrogens with two attached hydrogens (primary N) is 1. The van der Waals surface area contributed by atoms with Gasteiger partial charge in [-0.3, -0.25) is 5.84 Å². The molecule has 1 aromatic rings. The summed E-state index contributed by atoms with van der Waals surface area (Å²) in [5, 5.41) is 0. The number of halogens is 1. The number of ether oxygens (including phenoxy) is 2. The standard InChI is InChI=1S/C8H11BrN2O2/c1-12-6-3-5(11-10)4-7(13-2)8(6)9/h3-4,11H,10H2,1-2H3. The van der Waals surface area contributed by atoms with E-state index in [1.54, 1.807) is 26.4 Å². The van der Waals surface area contributed by atoms with E-state index in [-0.39, 0.29) is 0 Å². The third-order valence-electron chi connectivity index (χ3n) is 1.61. The van der Waals surface area contributed by atoms with Crippen molar-refractivity contribution in [2.45, 2.75) is 0 Å². The van der Waals surface area contributed by atoms with Gasteiger partial charge in [-0.2, -0.15) is 0 Å². The normalized spacial score (nSPS) is 9.54. The maximum Gasteiger partial charge on any atom is 0.138 e. The Morgan fingerprint density at radius 3 is 2.00 bits per heavy atom. The molecule has 0 radical (unpaired) electrons. The fourth-order valence-corrected chi connectivity index (χ4v) is 1.51. The van der Waals surface area contributed by atoms with E-state index in [1.165, 1.54) is 0 Å². The van der Waals surface area contributed by atoms with Crippen molar-refractivity contribution in [2.75, 3.05) is 19.6 Å². The van der Waals surface area contributed by atoms with Gasteiger partial charge >= 0.3 is 0 Å². The number of anilines is 1. The van der Waals surface area contributed by atoms with Crippen molar-refractivity contribution >= 4 is 21.6 Å². The summed E-state index contributed by atoms with van der Waals surface area (Å²) in [5.41, 5.74) is 3.26. The largest absolute Gasteiger partial charge is 0.495 e. The number of methoxy groups -OCH3 is 2. The Labute approximate surface area is 85.1 Å². The smallest absolute Gasteiger partial charge is 0.138 e. The number of rotatable bonds is 3. The summed E-state index contributed by atoms with van der Waals surface area (Å²) in [6.45, 7) is 0. The van der Waals surface area contributed by atoms with Gasteiger partial charge in [-0.15, -0.1) is 0 Å². The zero-order valence-corrected chi connectivity index (χ0v) is 9.01. The minimum atomic E-state index is 0.673. The van der Waals surface area contributed by atoms with Crippen LogP contribution in [0, 0.1) is 0 Å². The van der Waals surface area contributed by atoms with Gasteiger partial charge in [0.05, 0.1) is 19.9 Å². The van der Waals surface area contributed by atoms with Gasteiger partial charge in [0.25, 0.3) is 0 Å². The molecule has 0 amide bonds. The van der Waals surface area contributed by atoms with E-state index in [9.17, 15) is 0 Å². The van der Waals surface area contributed by atoms with Crippen LogP contribution in [-0.2, 0) is 0 Å². The summed E-state index contributed by atoms with van der Waals surface area (Å²) < 4.78 is 11.0. The van der Waals surface area contributed by atoms with Crippen LogP contribution in [0.2, 0.25) is 0 Å². The highest BCUT2D eigenvalue weighted by Crippen LogP contribution is 2.36. The Kier molecular flexibility index (Phi) is 3.39. The van der Waals surface area contributed by atoms with Crippen molar-refractivity contribution in [3.63, 3.8) is 0 Å². The Bertz CT molecular complexity index is 279. The molecule has 0 spiro atoms. The van der Waals surface area contributed by atoms with E-state index in [1.807, 2.05) is 0 Å². The molecule has 0 saturated heterocycles. The number of nitrogens with one attached hydrogen (secondary N) is 1. The van der Waals surface area contributed by atoms with E-state index in [0.717, 1.165) is 10.2 Å². The molecule has 0 heterocycles. The fraction of sp³-hybridized carbons (Fsp3) is 0.250. The quantitative estimate of drug-likeness (QED) is 0.631. The average molecular weight is 247 g/mol. The van der Waals surface area contributed by atoms with E-state index in [4.69, 9.17) is 15.3 Å². The first-order chi connectivity index (χ1) is 6.22. The fourth-order valence-electron chi connectivity index (χ4n) is 0.953. The van der Waals surface area contributed by atoms with Gasteiger partial charge < -0.3 is 14.9 Å². The lowest BCUT2D eigenvalue weighted by molar-refractivity contribution is 0.390. The summed E-state index contributed by atoms with van der Waals surface area (Å²) >= 11 is 3.35. The van der Waals surface area contributed by atoms with Crippen LogP contribution in [0.3, 0.4) is 0 Å². The molecule has 0 atom stereocenters. The average Bonchev–Trinajstić information content (AvgIpc) is 2.18. The van der Waals surface area contributed by atoms with Crippen molar-refractivity contribution in [1.82, 2.24) is 0 Å². The predicted octanol–water partition coefficient (Wildman–Crippen LogP) is 1.75. The maximum atomic E-state index is 5.27. The second-order valence-corrected chi connectivity index (χ2v) is 3.13. The van der Waals surface area contributed by atoms with Crippen molar-refractivity contribution < 1.29 is 9.47 Å². The van der Waals surface area contributed by atoms with E-state index in [2.05, 4.69) is 21.4 Å². The minimum absolute atomic E-state index is 0.673. The Morgan fingerprint density at radius 1 is 1.23 bits per heavy atom. The molecule has 1 rings (SSSR count). The zero-order valence-electron chi connectivity index (χ0n) is 7.43. The lowest BCUT2D eigenvalue weighted by Gasteiger charge is -2.10. The number of hydrogen-bond donors (Lipinski definition) is 2. The van der Waals surface area contributed by atoms with Crippen LogP contribution in [-0.4, -0.2) is 14.2 Å². The summed E-state index contributed by atoms with van der Waals surface area (Å²) in [6.07, 6.45) is 0.